The maximum absolute atomic E-state index is 13.2. The third kappa shape index (κ3) is 26.6. The van der Waals surface area contributed by atoms with Crippen LogP contribution in [0.2, 0.25) is 8.87 Å². The first-order chi connectivity index (χ1) is 23.7. The summed E-state index contributed by atoms with van der Waals surface area (Å²) in [6, 6.07) is 0. The molecule has 0 rings (SSSR count). The molecule has 49 heavy (non-hydrogen) atoms. The van der Waals surface area contributed by atoms with Crippen molar-refractivity contribution in [2.45, 2.75) is 179 Å². The van der Waals surface area contributed by atoms with Gasteiger partial charge in [0.2, 0.25) is 0 Å². The van der Waals surface area contributed by atoms with Gasteiger partial charge in [-0.2, -0.15) is 0 Å². The van der Waals surface area contributed by atoms with E-state index < -0.39 is 43.1 Å². The van der Waals surface area contributed by atoms with Gasteiger partial charge in [-0.15, -0.1) is 0 Å². The van der Waals surface area contributed by atoms with Crippen LogP contribution in [0.25, 0.3) is 0 Å². The van der Waals surface area contributed by atoms with Crippen LogP contribution in [0.5, 0.6) is 0 Å². The molecule has 0 aromatic carbocycles. The Bertz CT molecular complexity index is 857. The Balaban J connectivity index is 5.78. The van der Waals surface area contributed by atoms with E-state index in [1.807, 2.05) is 0 Å². The Hall–Kier alpha value is -1.84. The van der Waals surface area contributed by atoms with Crippen molar-refractivity contribution in [3.63, 3.8) is 0 Å². The number of esters is 2. The molecule has 0 unspecified atom stereocenters. The predicted molar refractivity (Wildman–Crippen MR) is 201 cm³/mol. The van der Waals surface area contributed by atoms with Gasteiger partial charge in [0.1, 0.15) is 0 Å². The monoisotopic (exact) mass is 800 g/mol. The van der Waals surface area contributed by atoms with Crippen LogP contribution in [-0.4, -0.2) is 56.3 Å². The molecule has 0 bridgehead atoms. The van der Waals surface area contributed by atoms with Crippen LogP contribution >= 0.6 is 0 Å². The molecule has 9 heteroatoms. The second-order valence-corrected chi connectivity index (χ2v) is 22.8. The summed E-state index contributed by atoms with van der Waals surface area (Å²) in [7, 11) is 0. The number of carbonyl (C=O) groups excluding carboxylic acids is 4. The summed E-state index contributed by atoms with van der Waals surface area (Å²) in [5.41, 5.74) is 0. The van der Waals surface area contributed by atoms with E-state index in [-0.39, 0.29) is 0 Å². The molecular formula is C40H72O8Sn. The molecule has 0 aliphatic carbocycles. The minimum atomic E-state index is -4.40. The van der Waals surface area contributed by atoms with Crippen LogP contribution in [0.3, 0.4) is 0 Å². The maximum atomic E-state index is 13.2. The Morgan fingerprint density at radius 1 is 0.449 bits per heavy atom. The first kappa shape index (κ1) is 47.2. The fourth-order valence-electron chi connectivity index (χ4n) is 5.70. The molecule has 0 fully saturated rings. The van der Waals surface area contributed by atoms with Gasteiger partial charge in [0.15, 0.2) is 0 Å². The van der Waals surface area contributed by atoms with E-state index in [0.717, 1.165) is 140 Å². The minimum absolute atomic E-state index is 0.293. The average molecular weight is 800 g/mol. The molecule has 0 N–H and O–H groups in total. The van der Waals surface area contributed by atoms with Crippen LogP contribution in [0, 0.1) is 11.8 Å². The summed E-state index contributed by atoms with van der Waals surface area (Å²) in [5.74, 6) is -1.95. The van der Waals surface area contributed by atoms with Gasteiger partial charge in [-0.25, -0.2) is 0 Å². The Kier molecular flexibility index (Phi) is 30.9. The number of hydrogen-bond donors (Lipinski definition) is 0. The van der Waals surface area contributed by atoms with Gasteiger partial charge in [-0.1, -0.05) is 0 Å². The number of ether oxygens (including phenoxy) is 2. The van der Waals surface area contributed by atoms with E-state index in [0.29, 0.717) is 33.9 Å². The van der Waals surface area contributed by atoms with E-state index in [4.69, 9.17) is 15.6 Å². The second-order valence-electron chi connectivity index (χ2n) is 13.5. The van der Waals surface area contributed by atoms with Crippen molar-refractivity contribution in [2.75, 3.05) is 13.2 Å². The van der Waals surface area contributed by atoms with Gasteiger partial charge >= 0.3 is 306 Å². The Labute approximate surface area is 304 Å². The van der Waals surface area contributed by atoms with E-state index >= 15 is 0 Å². The van der Waals surface area contributed by atoms with Crippen molar-refractivity contribution in [1.82, 2.24) is 0 Å². The topological polar surface area (TPSA) is 105 Å². The van der Waals surface area contributed by atoms with Crippen LogP contribution in [0.1, 0.15) is 170 Å². The van der Waals surface area contributed by atoms with Crippen molar-refractivity contribution in [3.05, 3.63) is 24.3 Å². The summed E-state index contributed by atoms with van der Waals surface area (Å²) in [4.78, 5) is 51.3. The summed E-state index contributed by atoms with van der Waals surface area (Å²) in [6.45, 7) is 13.4. The van der Waals surface area contributed by atoms with E-state index in [1.54, 1.807) is 0 Å². The van der Waals surface area contributed by atoms with Crippen LogP contribution in [-0.2, 0) is 34.8 Å². The van der Waals surface area contributed by atoms with Crippen molar-refractivity contribution in [1.29, 1.82) is 0 Å². The van der Waals surface area contributed by atoms with E-state index in [1.165, 1.54) is 12.8 Å². The summed E-state index contributed by atoms with van der Waals surface area (Å²) in [5, 5.41) is 0. The van der Waals surface area contributed by atoms with Crippen molar-refractivity contribution in [2.24, 2.45) is 11.8 Å². The number of hydrogen-bond acceptors (Lipinski definition) is 8. The predicted octanol–water partition coefficient (Wildman–Crippen LogP) is 10.9. The normalized spacial score (nSPS) is 13.0. The zero-order valence-electron chi connectivity index (χ0n) is 32.2. The number of unbranched alkanes of at least 4 members (excludes halogenated alkanes) is 12. The van der Waals surface area contributed by atoms with Crippen LogP contribution in [0.4, 0.5) is 0 Å². The first-order valence-corrected chi connectivity index (χ1v) is 26.2. The zero-order chi connectivity index (χ0) is 36.6. The van der Waals surface area contributed by atoms with Crippen molar-refractivity contribution >= 4 is 43.1 Å². The summed E-state index contributed by atoms with van der Waals surface area (Å²) in [6.07, 6.45) is 25.2. The molecule has 0 heterocycles. The molecule has 0 radical (unpaired) electrons. The van der Waals surface area contributed by atoms with E-state index in [9.17, 15) is 19.2 Å². The zero-order valence-corrected chi connectivity index (χ0v) is 35.1. The van der Waals surface area contributed by atoms with Crippen molar-refractivity contribution in [3.8, 4) is 0 Å². The Morgan fingerprint density at radius 2 is 0.776 bits per heavy atom. The Morgan fingerprint density at radius 3 is 1.12 bits per heavy atom. The summed E-state index contributed by atoms with van der Waals surface area (Å²) < 4.78 is 24.2. The molecule has 0 amide bonds. The third-order valence-electron chi connectivity index (χ3n) is 9.12. The molecule has 0 saturated carbocycles. The van der Waals surface area contributed by atoms with Gasteiger partial charge in [-0.05, 0) is 0 Å². The molecule has 0 aliphatic rings. The van der Waals surface area contributed by atoms with Crippen molar-refractivity contribution < 1.29 is 34.8 Å². The van der Waals surface area contributed by atoms with Gasteiger partial charge in [0.05, 0.1) is 0 Å². The van der Waals surface area contributed by atoms with Gasteiger partial charge < -0.3 is 0 Å². The SMILES string of the molecule is CCCCCCC[CH2][Sn]([CH2]CCCCCCC)([O]C(=O)/C=C/C(=O)OC[C@H](CC)CCCC)[O]C(=O)/C=C/C(=O)OC[C@@H](CC)CCCC. The molecule has 0 aliphatic heterocycles. The van der Waals surface area contributed by atoms with E-state index in [2.05, 4.69) is 41.5 Å². The molecule has 2 atom stereocenters. The molecule has 0 aromatic heterocycles. The molecular weight excluding hydrogens is 727 g/mol. The second kappa shape index (κ2) is 32.1. The molecule has 0 saturated heterocycles. The molecule has 8 nitrogen and oxygen atoms in total. The fraction of sp³-hybridized carbons (Fsp3) is 0.800. The third-order valence-corrected chi connectivity index (χ3v) is 18.8. The average Bonchev–Trinajstić information content (AvgIpc) is 3.09. The standard InChI is InChI=1S/2C12H20O4.2C8H17.Sn/c2*1-3-5-6-10(4-2)9-16-12(15)8-7-11(13)14;2*1-3-5-7-8-6-4-2;/h2*7-8,10H,3-6,9H2,1-2H3,(H,13,14);2*1,3-8H2,2H3;/q;;;;+2/p-2/b2*8-7+;;;/t2*10-;;;/m10.../s1. The first-order valence-electron chi connectivity index (χ1n) is 19.8. The quantitative estimate of drug-likeness (QED) is 0.0287. The molecule has 0 aromatic rings. The number of carbonyl (C=O) groups is 4. The van der Waals surface area contributed by atoms with Crippen LogP contribution < -0.4 is 0 Å². The van der Waals surface area contributed by atoms with Crippen LogP contribution in [0.15, 0.2) is 24.3 Å². The summed E-state index contributed by atoms with van der Waals surface area (Å²) >= 11 is -4.40. The fourth-order valence-corrected chi connectivity index (χ4v) is 14.7. The number of rotatable bonds is 32. The van der Waals surface area contributed by atoms with Gasteiger partial charge in [0.25, 0.3) is 0 Å². The molecule has 0 spiro atoms. The van der Waals surface area contributed by atoms with Gasteiger partial charge in [-0.3, -0.25) is 0 Å². The molecule has 284 valence electrons. The van der Waals surface area contributed by atoms with Gasteiger partial charge in [0, 0.05) is 0 Å².